The van der Waals surface area contributed by atoms with Gasteiger partial charge in [-0.25, -0.2) is 9.97 Å². The number of halogens is 1. The second-order valence-corrected chi connectivity index (χ2v) is 4.76. The first-order valence-electron chi connectivity index (χ1n) is 6.19. The van der Waals surface area contributed by atoms with Crippen molar-refractivity contribution in [3.05, 3.63) is 66.0 Å². The Morgan fingerprint density at radius 2 is 1.65 bits per heavy atom. The molecule has 0 saturated carbocycles. The first kappa shape index (κ1) is 12.6. The van der Waals surface area contributed by atoms with E-state index >= 15 is 0 Å². The van der Waals surface area contributed by atoms with Crippen LogP contribution in [0.1, 0.15) is 11.4 Å². The number of anilines is 1. The number of nitrogens with zero attached hydrogens (tertiary/aromatic N) is 2. The first-order chi connectivity index (χ1) is 9.74. The number of benzene rings is 2. The maximum Gasteiger partial charge on any atom is 0.173 e. The lowest BCUT2D eigenvalue weighted by Crippen LogP contribution is -1.98. The zero-order valence-corrected chi connectivity index (χ0v) is 11.4. The zero-order chi connectivity index (χ0) is 13.9. The number of hydrogen-bond acceptors (Lipinski definition) is 3. The van der Waals surface area contributed by atoms with E-state index in [2.05, 4.69) is 9.97 Å². The molecule has 2 aromatic carbocycles. The molecule has 4 heteroatoms. The van der Waals surface area contributed by atoms with Crippen molar-refractivity contribution in [2.45, 2.75) is 0 Å². The lowest BCUT2D eigenvalue weighted by molar-refractivity contribution is 1.19. The second kappa shape index (κ2) is 5.31. The van der Waals surface area contributed by atoms with E-state index in [1.165, 1.54) is 0 Å². The summed E-state index contributed by atoms with van der Waals surface area (Å²) in [5.74, 6) is 0.872. The van der Waals surface area contributed by atoms with E-state index in [9.17, 15) is 0 Å². The number of fused-ring (bicyclic) bond motifs is 1. The van der Waals surface area contributed by atoms with Gasteiger partial charge in [0, 0.05) is 5.39 Å². The van der Waals surface area contributed by atoms with Gasteiger partial charge in [0.1, 0.15) is 5.82 Å². The van der Waals surface area contributed by atoms with Crippen molar-refractivity contribution < 1.29 is 0 Å². The van der Waals surface area contributed by atoms with Crippen LogP contribution in [0.5, 0.6) is 0 Å². The minimum absolute atomic E-state index is 0.435. The van der Waals surface area contributed by atoms with Crippen LogP contribution in [0.15, 0.2) is 54.6 Å². The molecule has 2 N–H and O–H groups in total. The third-order valence-electron chi connectivity index (χ3n) is 2.94. The summed E-state index contributed by atoms with van der Waals surface area (Å²) < 4.78 is 0. The molecule has 0 spiro atoms. The van der Waals surface area contributed by atoms with Gasteiger partial charge in [-0.15, -0.1) is 0 Å². The van der Waals surface area contributed by atoms with E-state index in [1.54, 1.807) is 0 Å². The highest BCUT2D eigenvalue weighted by Crippen LogP contribution is 2.24. The molecule has 0 aliphatic heterocycles. The summed E-state index contributed by atoms with van der Waals surface area (Å²) in [6.45, 7) is 0. The first-order valence-corrected chi connectivity index (χ1v) is 6.57. The third kappa shape index (κ3) is 2.49. The van der Waals surface area contributed by atoms with Crippen LogP contribution in [0.2, 0.25) is 0 Å². The number of para-hydroxylation sites is 1. The molecule has 20 heavy (non-hydrogen) atoms. The van der Waals surface area contributed by atoms with Crippen molar-refractivity contribution >= 4 is 39.4 Å². The molecule has 0 amide bonds. The Morgan fingerprint density at radius 1 is 0.950 bits per heavy atom. The van der Waals surface area contributed by atoms with E-state index in [1.807, 2.05) is 60.7 Å². The summed E-state index contributed by atoms with van der Waals surface area (Å²) in [6, 6.07) is 17.4. The van der Waals surface area contributed by atoms with Crippen LogP contribution >= 0.6 is 11.6 Å². The molecule has 1 aromatic heterocycles. The van der Waals surface area contributed by atoms with Gasteiger partial charge >= 0.3 is 0 Å². The fourth-order valence-electron chi connectivity index (χ4n) is 1.97. The zero-order valence-electron chi connectivity index (χ0n) is 10.6. The quantitative estimate of drug-likeness (QED) is 0.774. The summed E-state index contributed by atoms with van der Waals surface area (Å²) in [7, 11) is 0. The van der Waals surface area contributed by atoms with E-state index < -0.39 is 0 Å². The van der Waals surface area contributed by atoms with Gasteiger partial charge in [0.15, 0.2) is 5.82 Å². The van der Waals surface area contributed by atoms with Crippen LogP contribution in [0.25, 0.3) is 22.0 Å². The number of nitrogen functional groups attached to an aromatic ring is 1. The van der Waals surface area contributed by atoms with Gasteiger partial charge in [-0.05, 0) is 23.8 Å². The summed E-state index contributed by atoms with van der Waals surface area (Å²) in [5.41, 5.74) is 7.73. The Balaban J connectivity index is 2.08. The molecule has 0 atom stereocenters. The molecule has 0 radical (unpaired) electrons. The molecule has 3 nitrogen and oxygen atoms in total. The van der Waals surface area contributed by atoms with Crippen LogP contribution in [0, 0.1) is 0 Å². The molecule has 0 bridgehead atoms. The largest absolute Gasteiger partial charge is 0.383 e. The summed E-state index contributed by atoms with van der Waals surface area (Å²) >= 11 is 6.29. The van der Waals surface area contributed by atoms with Gasteiger partial charge in [0.25, 0.3) is 0 Å². The molecule has 0 aliphatic carbocycles. The van der Waals surface area contributed by atoms with Gasteiger partial charge in [-0.3, -0.25) is 0 Å². The topological polar surface area (TPSA) is 51.8 Å². The van der Waals surface area contributed by atoms with E-state index in [0.29, 0.717) is 16.7 Å². The maximum absolute atomic E-state index is 6.29. The highest BCUT2D eigenvalue weighted by Gasteiger charge is 2.07. The SMILES string of the molecule is Nc1nc(/C(Cl)=C/c2ccccc2)nc2ccccc12. The van der Waals surface area contributed by atoms with Crippen LogP contribution in [-0.2, 0) is 0 Å². The Bertz CT molecular complexity index is 782. The summed E-state index contributed by atoms with van der Waals surface area (Å²) in [4.78, 5) is 8.70. The Kier molecular flexibility index (Phi) is 3.35. The lowest BCUT2D eigenvalue weighted by atomic mass is 10.2. The predicted octanol–water partition coefficient (Wildman–Crippen LogP) is 3.95. The van der Waals surface area contributed by atoms with Crippen LogP contribution < -0.4 is 5.73 Å². The van der Waals surface area contributed by atoms with Crippen molar-refractivity contribution in [3.8, 4) is 0 Å². The molecule has 1 heterocycles. The van der Waals surface area contributed by atoms with Crippen LogP contribution in [0.3, 0.4) is 0 Å². The summed E-state index contributed by atoms with van der Waals surface area (Å²) in [6.07, 6.45) is 1.82. The van der Waals surface area contributed by atoms with Crippen molar-refractivity contribution in [1.29, 1.82) is 0 Å². The number of nitrogens with two attached hydrogens (primary N) is 1. The fourth-order valence-corrected chi connectivity index (χ4v) is 2.18. The maximum atomic E-state index is 6.29. The average Bonchev–Trinajstić information content (AvgIpc) is 2.48. The molecular formula is C16H12ClN3. The molecule has 0 fully saturated rings. The van der Waals surface area contributed by atoms with Crippen molar-refractivity contribution in [2.24, 2.45) is 0 Å². The molecule has 98 valence electrons. The molecule has 0 aliphatic rings. The van der Waals surface area contributed by atoms with E-state index in [-0.39, 0.29) is 0 Å². The molecule has 0 saturated heterocycles. The summed E-state index contributed by atoms with van der Waals surface area (Å²) in [5, 5.41) is 1.30. The average molecular weight is 282 g/mol. The molecular weight excluding hydrogens is 270 g/mol. The van der Waals surface area contributed by atoms with Crippen molar-refractivity contribution in [2.75, 3.05) is 5.73 Å². The standard InChI is InChI=1S/C16H12ClN3/c17-13(10-11-6-2-1-3-7-11)16-19-14-9-5-4-8-12(14)15(18)20-16/h1-10H,(H2,18,19,20)/b13-10-. The Morgan fingerprint density at radius 3 is 2.45 bits per heavy atom. The smallest absolute Gasteiger partial charge is 0.173 e. The minimum Gasteiger partial charge on any atom is -0.383 e. The number of rotatable bonds is 2. The highest BCUT2D eigenvalue weighted by atomic mass is 35.5. The molecule has 0 unspecified atom stereocenters. The van der Waals surface area contributed by atoms with E-state index in [0.717, 1.165) is 16.5 Å². The van der Waals surface area contributed by atoms with Gasteiger partial charge in [0.2, 0.25) is 0 Å². The van der Waals surface area contributed by atoms with Gasteiger partial charge in [-0.1, -0.05) is 54.1 Å². The minimum atomic E-state index is 0.435. The van der Waals surface area contributed by atoms with Gasteiger partial charge in [-0.2, -0.15) is 0 Å². The molecule has 3 aromatic rings. The second-order valence-electron chi connectivity index (χ2n) is 4.35. The predicted molar refractivity (Wildman–Crippen MR) is 84.1 cm³/mol. The Labute approximate surface area is 121 Å². The monoisotopic (exact) mass is 281 g/mol. The van der Waals surface area contributed by atoms with Gasteiger partial charge in [0.05, 0.1) is 10.5 Å². The molecule has 3 rings (SSSR count). The normalized spacial score (nSPS) is 11.8. The number of hydrogen-bond donors (Lipinski definition) is 1. The van der Waals surface area contributed by atoms with Crippen LogP contribution in [0.4, 0.5) is 5.82 Å². The van der Waals surface area contributed by atoms with Crippen molar-refractivity contribution in [3.63, 3.8) is 0 Å². The van der Waals surface area contributed by atoms with E-state index in [4.69, 9.17) is 17.3 Å². The fraction of sp³-hybridized carbons (Fsp3) is 0. The third-order valence-corrected chi connectivity index (χ3v) is 3.22. The number of aromatic nitrogens is 2. The van der Waals surface area contributed by atoms with Crippen LogP contribution in [-0.4, -0.2) is 9.97 Å². The van der Waals surface area contributed by atoms with Gasteiger partial charge < -0.3 is 5.73 Å². The van der Waals surface area contributed by atoms with Crippen molar-refractivity contribution in [1.82, 2.24) is 9.97 Å². The lowest BCUT2D eigenvalue weighted by Gasteiger charge is -2.04. The Hall–Kier alpha value is -2.39. The highest BCUT2D eigenvalue weighted by molar-refractivity contribution is 6.50.